The van der Waals surface area contributed by atoms with E-state index in [4.69, 9.17) is 9.47 Å². The van der Waals surface area contributed by atoms with Gasteiger partial charge in [0.2, 0.25) is 0 Å². The molecule has 0 spiro atoms. The molecule has 2 aromatic rings. The lowest BCUT2D eigenvalue weighted by Gasteiger charge is -2.35. The number of rotatable bonds is 3. The van der Waals surface area contributed by atoms with Crippen LogP contribution in [0.1, 0.15) is 25.0 Å². The highest BCUT2D eigenvalue weighted by Crippen LogP contribution is 2.45. The third-order valence-corrected chi connectivity index (χ3v) is 5.04. The maximum absolute atomic E-state index is 12.5. The molecular weight excluding hydrogens is 328 g/mol. The first kappa shape index (κ1) is 16.3. The van der Waals surface area contributed by atoms with Crippen molar-refractivity contribution in [2.45, 2.75) is 25.0 Å². The molecule has 0 fully saturated rings. The topological polar surface area (TPSA) is 52.6 Å². The monoisotopic (exact) mass is 346 g/mol. The number of esters is 2. The van der Waals surface area contributed by atoms with Crippen LogP contribution in [0.3, 0.4) is 0 Å². The summed E-state index contributed by atoms with van der Waals surface area (Å²) in [5, 5.41) is 0. The quantitative estimate of drug-likeness (QED) is 0.794. The molecule has 26 heavy (non-hydrogen) atoms. The first-order valence-corrected chi connectivity index (χ1v) is 8.45. The smallest absolute Gasteiger partial charge is 0.339 e. The SMILES string of the molecule is CC1(C2(C)C=C(c3ccccc3)C(=O)O2)C=C(c2ccccc2)C(=O)O1. The number of hydrogen-bond donors (Lipinski definition) is 0. The first-order chi connectivity index (χ1) is 12.4. The normalized spacial score (nSPS) is 27.6. The van der Waals surface area contributed by atoms with Crippen molar-refractivity contribution in [3.8, 4) is 0 Å². The number of hydrogen-bond acceptors (Lipinski definition) is 4. The molecule has 2 atom stereocenters. The standard InChI is InChI=1S/C22H18O4/c1-21(13-17(19(23)25-21)15-9-5-3-6-10-15)22(2)14-18(20(24)26-22)16-11-7-4-8-12-16/h3-14H,1-2H3. The van der Waals surface area contributed by atoms with E-state index in [0.717, 1.165) is 11.1 Å². The van der Waals surface area contributed by atoms with Crippen LogP contribution in [0.5, 0.6) is 0 Å². The molecule has 0 saturated carbocycles. The van der Waals surface area contributed by atoms with Gasteiger partial charge >= 0.3 is 11.9 Å². The largest absolute Gasteiger partial charge is 0.447 e. The van der Waals surface area contributed by atoms with Gasteiger partial charge in [-0.2, -0.15) is 0 Å². The van der Waals surface area contributed by atoms with Gasteiger partial charge in [-0.25, -0.2) is 9.59 Å². The van der Waals surface area contributed by atoms with Crippen molar-refractivity contribution < 1.29 is 19.1 Å². The fourth-order valence-corrected chi connectivity index (χ4v) is 3.35. The molecule has 4 nitrogen and oxygen atoms in total. The third kappa shape index (κ3) is 2.46. The van der Waals surface area contributed by atoms with E-state index >= 15 is 0 Å². The van der Waals surface area contributed by atoms with E-state index in [2.05, 4.69) is 0 Å². The maximum atomic E-state index is 12.5. The zero-order chi connectivity index (χ0) is 18.4. The molecule has 0 bridgehead atoms. The summed E-state index contributed by atoms with van der Waals surface area (Å²) >= 11 is 0. The van der Waals surface area contributed by atoms with Gasteiger partial charge in [0.25, 0.3) is 0 Å². The van der Waals surface area contributed by atoms with E-state index in [1.807, 2.05) is 60.7 Å². The van der Waals surface area contributed by atoms with Gasteiger partial charge in [-0.3, -0.25) is 0 Å². The van der Waals surface area contributed by atoms with Crippen LogP contribution in [-0.2, 0) is 19.1 Å². The number of carbonyl (C=O) groups is 2. The second-order valence-corrected chi connectivity index (χ2v) is 6.84. The Morgan fingerprint density at radius 2 is 0.962 bits per heavy atom. The van der Waals surface area contributed by atoms with Crippen molar-refractivity contribution >= 4 is 23.1 Å². The molecule has 2 heterocycles. The Morgan fingerprint density at radius 1 is 0.615 bits per heavy atom. The van der Waals surface area contributed by atoms with Crippen molar-refractivity contribution in [1.82, 2.24) is 0 Å². The highest BCUT2D eigenvalue weighted by Gasteiger charge is 2.55. The molecule has 0 amide bonds. The molecule has 2 aliphatic heterocycles. The van der Waals surface area contributed by atoms with Crippen LogP contribution >= 0.6 is 0 Å². The molecule has 4 heteroatoms. The van der Waals surface area contributed by atoms with Crippen LogP contribution in [-0.4, -0.2) is 23.1 Å². The predicted molar refractivity (Wildman–Crippen MR) is 97.8 cm³/mol. The fraction of sp³-hybridized carbons (Fsp3) is 0.182. The highest BCUT2D eigenvalue weighted by molar-refractivity contribution is 6.20. The van der Waals surface area contributed by atoms with Crippen molar-refractivity contribution in [1.29, 1.82) is 0 Å². The summed E-state index contributed by atoms with van der Waals surface area (Å²) in [6.45, 7) is 3.52. The Bertz CT molecular complexity index is 863. The van der Waals surface area contributed by atoms with Crippen molar-refractivity contribution in [3.63, 3.8) is 0 Å². The van der Waals surface area contributed by atoms with Crippen LogP contribution in [0.4, 0.5) is 0 Å². The van der Waals surface area contributed by atoms with Gasteiger partial charge in [-0.05, 0) is 37.1 Å². The summed E-state index contributed by atoms with van der Waals surface area (Å²) in [4.78, 5) is 24.9. The summed E-state index contributed by atoms with van der Waals surface area (Å²) in [6.07, 6.45) is 3.50. The van der Waals surface area contributed by atoms with Gasteiger partial charge in [-0.1, -0.05) is 60.7 Å². The number of benzene rings is 2. The fourth-order valence-electron chi connectivity index (χ4n) is 3.35. The predicted octanol–water partition coefficient (Wildman–Crippen LogP) is 3.78. The molecule has 2 aliphatic rings. The zero-order valence-corrected chi connectivity index (χ0v) is 14.6. The lowest BCUT2D eigenvalue weighted by Crippen LogP contribution is -2.48. The molecule has 2 aromatic carbocycles. The molecule has 0 aromatic heterocycles. The molecule has 0 saturated heterocycles. The molecule has 4 rings (SSSR count). The van der Waals surface area contributed by atoms with Gasteiger partial charge in [0.05, 0.1) is 11.1 Å². The molecule has 2 unspecified atom stereocenters. The van der Waals surface area contributed by atoms with E-state index in [9.17, 15) is 9.59 Å². The zero-order valence-electron chi connectivity index (χ0n) is 14.6. The summed E-state index contributed by atoms with van der Waals surface area (Å²) < 4.78 is 11.4. The van der Waals surface area contributed by atoms with Gasteiger partial charge in [-0.15, -0.1) is 0 Å². The van der Waals surface area contributed by atoms with Crippen LogP contribution in [0.25, 0.3) is 11.1 Å². The van der Waals surface area contributed by atoms with Gasteiger partial charge in [0, 0.05) is 0 Å². The molecule has 0 N–H and O–H groups in total. The maximum Gasteiger partial charge on any atom is 0.339 e. The van der Waals surface area contributed by atoms with E-state index < -0.39 is 23.1 Å². The first-order valence-electron chi connectivity index (χ1n) is 8.45. The molecular formula is C22H18O4. The second kappa shape index (κ2) is 5.70. The molecule has 130 valence electrons. The van der Waals surface area contributed by atoms with Crippen LogP contribution in [0.15, 0.2) is 72.8 Å². The Kier molecular flexibility index (Phi) is 3.58. The van der Waals surface area contributed by atoms with Crippen LogP contribution in [0, 0.1) is 0 Å². The van der Waals surface area contributed by atoms with E-state index in [1.165, 1.54) is 0 Å². The summed E-state index contributed by atoms with van der Waals surface area (Å²) in [6, 6.07) is 18.7. The minimum absolute atomic E-state index is 0.419. The van der Waals surface area contributed by atoms with Gasteiger partial charge in [0.15, 0.2) is 11.2 Å². The van der Waals surface area contributed by atoms with Crippen LogP contribution < -0.4 is 0 Å². The highest BCUT2D eigenvalue weighted by atomic mass is 16.6. The van der Waals surface area contributed by atoms with Crippen molar-refractivity contribution in [2.24, 2.45) is 0 Å². The molecule has 0 radical (unpaired) electrons. The lowest BCUT2D eigenvalue weighted by molar-refractivity contribution is -0.172. The number of cyclic esters (lactones) is 2. The van der Waals surface area contributed by atoms with E-state index in [1.54, 1.807) is 26.0 Å². The Labute approximate surface area is 151 Å². The lowest BCUT2D eigenvalue weighted by atomic mass is 9.84. The Morgan fingerprint density at radius 3 is 1.31 bits per heavy atom. The van der Waals surface area contributed by atoms with Crippen molar-refractivity contribution in [3.05, 3.63) is 83.9 Å². The second-order valence-electron chi connectivity index (χ2n) is 6.84. The number of carbonyl (C=O) groups excluding carboxylic acids is 2. The van der Waals surface area contributed by atoms with Crippen LogP contribution in [0.2, 0.25) is 0 Å². The van der Waals surface area contributed by atoms with E-state index in [-0.39, 0.29) is 0 Å². The Hall–Kier alpha value is -3.14. The van der Waals surface area contributed by atoms with Crippen molar-refractivity contribution in [2.75, 3.05) is 0 Å². The Balaban J connectivity index is 1.75. The van der Waals surface area contributed by atoms with Gasteiger partial charge < -0.3 is 9.47 Å². The summed E-state index contributed by atoms with van der Waals surface area (Å²) in [7, 11) is 0. The molecule has 0 aliphatic carbocycles. The van der Waals surface area contributed by atoms with E-state index in [0.29, 0.717) is 11.1 Å². The van der Waals surface area contributed by atoms with Gasteiger partial charge in [0.1, 0.15) is 0 Å². The number of ether oxygens (including phenoxy) is 2. The third-order valence-electron chi connectivity index (χ3n) is 5.04. The minimum Gasteiger partial charge on any atom is -0.447 e. The summed E-state index contributed by atoms with van der Waals surface area (Å²) in [5.74, 6) is -0.838. The summed E-state index contributed by atoms with van der Waals surface area (Å²) in [5.41, 5.74) is 0.352. The average molecular weight is 346 g/mol. The average Bonchev–Trinajstić information content (AvgIpc) is 3.14. The minimum atomic E-state index is -1.08.